The van der Waals surface area contributed by atoms with Gasteiger partial charge in [-0.2, -0.15) is 5.26 Å². The molecule has 0 aliphatic carbocycles. The van der Waals surface area contributed by atoms with Crippen molar-refractivity contribution < 1.29 is 0 Å². The molecule has 0 atom stereocenters. The molecule has 0 saturated heterocycles. The number of para-hydroxylation sites is 1. The van der Waals surface area contributed by atoms with Gasteiger partial charge in [0.05, 0.1) is 22.7 Å². The van der Waals surface area contributed by atoms with Crippen LogP contribution in [0.3, 0.4) is 0 Å². The van der Waals surface area contributed by atoms with E-state index in [-0.39, 0.29) is 0 Å². The summed E-state index contributed by atoms with van der Waals surface area (Å²) in [7, 11) is 0. The van der Waals surface area contributed by atoms with E-state index in [9.17, 15) is 5.26 Å². The molecule has 6 aromatic carbocycles. The molecule has 8 rings (SSSR count). The van der Waals surface area contributed by atoms with Crippen LogP contribution >= 0.6 is 0 Å². The van der Waals surface area contributed by atoms with E-state index in [4.69, 9.17) is 15.0 Å². The van der Waals surface area contributed by atoms with Crippen molar-refractivity contribution in [3.63, 3.8) is 0 Å². The minimum Gasteiger partial charge on any atom is -0.309 e. The summed E-state index contributed by atoms with van der Waals surface area (Å²) >= 11 is 0. The largest absolute Gasteiger partial charge is 0.309 e. The topological polar surface area (TPSA) is 67.4 Å². The van der Waals surface area contributed by atoms with Gasteiger partial charge in [-0.15, -0.1) is 0 Å². The molecule has 2 heterocycles. The van der Waals surface area contributed by atoms with Crippen LogP contribution in [0.5, 0.6) is 0 Å². The minimum atomic E-state index is 0.459. The van der Waals surface area contributed by atoms with Crippen molar-refractivity contribution in [2.24, 2.45) is 0 Å². The highest BCUT2D eigenvalue weighted by Crippen LogP contribution is 2.37. The maximum Gasteiger partial charge on any atom is 0.165 e. The summed E-state index contributed by atoms with van der Waals surface area (Å²) in [5.41, 5.74) is 10.9. The molecule has 0 spiro atoms. The Bertz CT molecular complexity index is 2430. The van der Waals surface area contributed by atoms with E-state index in [1.807, 2.05) is 78.9 Å². The monoisotopic (exact) mass is 603 g/mol. The van der Waals surface area contributed by atoms with Crippen LogP contribution in [0.4, 0.5) is 0 Å². The van der Waals surface area contributed by atoms with E-state index in [0.29, 0.717) is 28.6 Å². The van der Waals surface area contributed by atoms with Crippen LogP contribution in [0.25, 0.3) is 72.8 Å². The summed E-state index contributed by atoms with van der Waals surface area (Å²) in [6.07, 6.45) is 0. The third kappa shape index (κ3) is 5.03. The first-order chi connectivity index (χ1) is 23.1. The lowest BCUT2D eigenvalue weighted by molar-refractivity contribution is 1.07. The van der Waals surface area contributed by atoms with Crippen LogP contribution in [-0.2, 0) is 0 Å². The Morgan fingerprint density at radius 3 is 1.81 bits per heavy atom. The second kappa shape index (κ2) is 11.5. The van der Waals surface area contributed by atoms with Gasteiger partial charge in [0.1, 0.15) is 0 Å². The van der Waals surface area contributed by atoms with Gasteiger partial charge in [0.2, 0.25) is 0 Å². The van der Waals surface area contributed by atoms with E-state index < -0.39 is 0 Å². The molecule has 0 saturated carbocycles. The Balaban J connectivity index is 1.29. The predicted molar refractivity (Wildman–Crippen MR) is 190 cm³/mol. The Morgan fingerprint density at radius 1 is 0.511 bits per heavy atom. The average Bonchev–Trinajstić information content (AvgIpc) is 3.45. The number of nitrogens with zero attached hydrogens (tertiary/aromatic N) is 5. The summed E-state index contributed by atoms with van der Waals surface area (Å²) in [5.74, 6) is 1.58. The number of benzene rings is 6. The minimum absolute atomic E-state index is 0.459. The highest BCUT2D eigenvalue weighted by molar-refractivity contribution is 6.10. The molecule has 47 heavy (non-hydrogen) atoms. The maximum absolute atomic E-state index is 10.5. The first-order valence-corrected chi connectivity index (χ1v) is 15.6. The van der Waals surface area contributed by atoms with Gasteiger partial charge in [-0.3, -0.25) is 0 Å². The number of aromatic nitrogens is 4. The molecule has 0 aliphatic heterocycles. The molecule has 5 nitrogen and oxygen atoms in total. The van der Waals surface area contributed by atoms with E-state index in [1.165, 1.54) is 22.3 Å². The number of aryl methyl sites for hydroxylation is 2. The van der Waals surface area contributed by atoms with Gasteiger partial charge < -0.3 is 4.57 Å². The molecular weight excluding hydrogens is 574 g/mol. The highest BCUT2D eigenvalue weighted by Gasteiger charge is 2.18. The fraction of sp³-hybridized carbons (Fsp3) is 0.0476. The Morgan fingerprint density at radius 2 is 1.13 bits per heavy atom. The average molecular weight is 604 g/mol. The van der Waals surface area contributed by atoms with Gasteiger partial charge in [-0.05, 0) is 66.9 Å². The lowest BCUT2D eigenvalue weighted by atomic mass is 9.97. The summed E-state index contributed by atoms with van der Waals surface area (Å²) < 4.78 is 2.24. The van der Waals surface area contributed by atoms with Gasteiger partial charge >= 0.3 is 0 Å². The van der Waals surface area contributed by atoms with Crippen molar-refractivity contribution in [2.75, 3.05) is 0 Å². The van der Waals surface area contributed by atoms with Gasteiger partial charge in [-0.25, -0.2) is 15.0 Å². The zero-order chi connectivity index (χ0) is 31.9. The number of hydrogen-bond donors (Lipinski definition) is 0. The molecule has 0 N–H and O–H groups in total. The zero-order valence-corrected chi connectivity index (χ0v) is 26.0. The third-order valence-electron chi connectivity index (χ3n) is 8.69. The van der Waals surface area contributed by atoms with Crippen LogP contribution in [0, 0.1) is 25.2 Å². The second-order valence-electron chi connectivity index (χ2n) is 11.8. The Kier molecular flexibility index (Phi) is 6.89. The van der Waals surface area contributed by atoms with Crippen LogP contribution in [0.1, 0.15) is 16.7 Å². The highest BCUT2D eigenvalue weighted by atomic mass is 15.0. The lowest BCUT2D eigenvalue weighted by Crippen LogP contribution is -2.02. The number of nitriles is 1. The number of rotatable bonds is 5. The molecule has 0 aliphatic rings. The van der Waals surface area contributed by atoms with Crippen LogP contribution < -0.4 is 0 Å². The van der Waals surface area contributed by atoms with Crippen LogP contribution in [0.15, 0.2) is 140 Å². The van der Waals surface area contributed by atoms with Crippen molar-refractivity contribution in [1.82, 2.24) is 19.5 Å². The van der Waals surface area contributed by atoms with E-state index >= 15 is 0 Å². The molecule has 0 bridgehead atoms. The summed E-state index contributed by atoms with van der Waals surface area (Å²) in [4.78, 5) is 14.6. The molecule has 0 fully saturated rings. The fourth-order valence-corrected chi connectivity index (χ4v) is 6.44. The molecule has 222 valence electrons. The van der Waals surface area contributed by atoms with E-state index in [2.05, 4.69) is 85.1 Å². The summed E-state index contributed by atoms with van der Waals surface area (Å²) in [5, 5.41) is 12.8. The van der Waals surface area contributed by atoms with Gasteiger partial charge in [0.25, 0.3) is 0 Å². The Labute approximate surface area is 273 Å². The lowest BCUT2D eigenvalue weighted by Gasteiger charge is -2.12. The zero-order valence-electron chi connectivity index (χ0n) is 26.0. The molecule has 0 unspecified atom stereocenters. The van der Waals surface area contributed by atoms with Crippen LogP contribution in [0.2, 0.25) is 0 Å². The smallest absolute Gasteiger partial charge is 0.165 e. The van der Waals surface area contributed by atoms with E-state index in [1.54, 1.807) is 0 Å². The standard InChI is InChI=1S/C42H29N5/c1-27-17-20-34(28(2)23-27)31-18-22-39-37(25-31)36-15-9-10-16-38(36)47(39)33-19-21-35(32(24-33)26-43)42-45-40(29-11-5-3-6-12-29)44-41(46-42)30-13-7-4-8-14-30/h3-25H,1-2H3. The summed E-state index contributed by atoms with van der Waals surface area (Å²) in [6.45, 7) is 4.29. The molecule has 2 aromatic heterocycles. The molecule has 0 amide bonds. The van der Waals surface area contributed by atoms with Crippen molar-refractivity contribution in [3.8, 4) is 57.0 Å². The van der Waals surface area contributed by atoms with Crippen molar-refractivity contribution >= 4 is 21.8 Å². The Hall–Kier alpha value is -6.38. The SMILES string of the molecule is Cc1ccc(-c2ccc3c(c2)c2ccccc2n3-c2ccc(-c3nc(-c4ccccc4)nc(-c4ccccc4)n3)c(C#N)c2)c(C)c1. The fourth-order valence-electron chi connectivity index (χ4n) is 6.44. The van der Waals surface area contributed by atoms with Gasteiger partial charge in [0.15, 0.2) is 17.5 Å². The van der Waals surface area contributed by atoms with Crippen molar-refractivity contribution in [3.05, 3.63) is 156 Å². The normalized spacial score (nSPS) is 11.2. The van der Waals surface area contributed by atoms with Crippen molar-refractivity contribution in [2.45, 2.75) is 13.8 Å². The first kappa shape index (κ1) is 28.1. The van der Waals surface area contributed by atoms with Gasteiger partial charge in [0, 0.05) is 33.2 Å². The molecule has 8 aromatic rings. The van der Waals surface area contributed by atoms with Crippen molar-refractivity contribution in [1.29, 1.82) is 5.26 Å². The predicted octanol–water partition coefficient (Wildman–Crippen LogP) is 10.1. The third-order valence-corrected chi connectivity index (χ3v) is 8.69. The summed E-state index contributed by atoms with van der Waals surface area (Å²) in [6, 6.07) is 49.8. The molecule has 0 radical (unpaired) electrons. The quantitative estimate of drug-likeness (QED) is 0.196. The number of fused-ring (bicyclic) bond motifs is 3. The molecular formula is C42H29N5. The first-order valence-electron chi connectivity index (χ1n) is 15.6. The number of hydrogen-bond acceptors (Lipinski definition) is 4. The molecule has 5 heteroatoms. The van der Waals surface area contributed by atoms with Crippen LogP contribution in [-0.4, -0.2) is 19.5 Å². The second-order valence-corrected chi connectivity index (χ2v) is 11.8. The van der Waals surface area contributed by atoms with E-state index in [0.717, 1.165) is 38.6 Å². The maximum atomic E-state index is 10.5. The van der Waals surface area contributed by atoms with Gasteiger partial charge in [-0.1, -0.05) is 109 Å².